The van der Waals surface area contributed by atoms with Gasteiger partial charge in [-0.1, -0.05) is 0 Å². The second kappa shape index (κ2) is 4.06. The van der Waals surface area contributed by atoms with Gasteiger partial charge >= 0.3 is 6.01 Å². The molecule has 2 N–H and O–H groups in total. The lowest BCUT2D eigenvalue weighted by Crippen LogP contribution is -2.08. The Morgan fingerprint density at radius 1 is 1.58 bits per heavy atom. The average Bonchev–Trinajstić information content (AvgIpc) is 2.36. The third-order valence-electron chi connectivity index (χ3n) is 1.20. The highest BCUT2D eigenvalue weighted by Gasteiger charge is 2.03. The van der Waals surface area contributed by atoms with Crippen LogP contribution < -0.4 is 10.1 Å². The molecule has 0 spiro atoms. The van der Waals surface area contributed by atoms with Gasteiger partial charge in [0.15, 0.2) is 0 Å². The molecule has 0 fully saturated rings. The first kappa shape index (κ1) is 8.99. The number of ether oxygens (including phenoxy) is 1. The van der Waals surface area contributed by atoms with E-state index in [2.05, 4.69) is 20.5 Å². The zero-order valence-corrected chi connectivity index (χ0v) is 7.59. The molecule has 0 saturated heterocycles. The number of aromatic amines is 1. The normalized spacial score (nSPS) is 10.7. The molecule has 1 aromatic heterocycles. The fourth-order valence-corrected chi connectivity index (χ4v) is 0.788. The Labute approximate surface area is 71.5 Å². The fraction of sp³-hybridized carbons (Fsp3) is 0.714. The summed E-state index contributed by atoms with van der Waals surface area (Å²) < 4.78 is 5.26. The van der Waals surface area contributed by atoms with E-state index in [1.807, 2.05) is 20.9 Å². The molecule has 0 amide bonds. The molecule has 0 bridgehead atoms. The van der Waals surface area contributed by atoms with Gasteiger partial charge in [-0.25, -0.2) is 0 Å². The maximum absolute atomic E-state index is 5.26. The Balaban J connectivity index is 2.52. The van der Waals surface area contributed by atoms with Gasteiger partial charge in [0.25, 0.3) is 0 Å². The molecule has 0 aliphatic heterocycles. The van der Waals surface area contributed by atoms with Crippen LogP contribution in [0, 0.1) is 0 Å². The molecule has 12 heavy (non-hydrogen) atoms. The van der Waals surface area contributed by atoms with Crippen LogP contribution in [0.5, 0.6) is 6.01 Å². The molecule has 0 unspecified atom stereocenters. The Morgan fingerprint density at radius 2 is 2.33 bits per heavy atom. The van der Waals surface area contributed by atoms with Crippen LogP contribution in [0.2, 0.25) is 0 Å². The summed E-state index contributed by atoms with van der Waals surface area (Å²) in [5, 5.41) is 9.60. The topological polar surface area (TPSA) is 62.8 Å². The highest BCUT2D eigenvalue weighted by Crippen LogP contribution is 2.03. The first-order valence-electron chi connectivity index (χ1n) is 3.95. The van der Waals surface area contributed by atoms with Crippen molar-refractivity contribution in [1.29, 1.82) is 0 Å². The van der Waals surface area contributed by atoms with Crippen LogP contribution >= 0.6 is 0 Å². The van der Waals surface area contributed by atoms with E-state index in [1.165, 1.54) is 0 Å². The number of hydrogen-bond acceptors (Lipinski definition) is 4. The Kier molecular flexibility index (Phi) is 3.04. The molecule has 1 heterocycles. The quantitative estimate of drug-likeness (QED) is 0.682. The number of rotatable bonds is 4. The molecule has 68 valence electrons. The van der Waals surface area contributed by atoms with E-state index in [4.69, 9.17) is 4.74 Å². The van der Waals surface area contributed by atoms with Crippen molar-refractivity contribution in [2.45, 2.75) is 26.5 Å². The molecule has 0 aliphatic rings. The lowest BCUT2D eigenvalue weighted by molar-refractivity contribution is 0.223. The van der Waals surface area contributed by atoms with Gasteiger partial charge in [-0.2, -0.15) is 4.98 Å². The van der Waals surface area contributed by atoms with Crippen LogP contribution in [0.15, 0.2) is 0 Å². The van der Waals surface area contributed by atoms with Crippen LogP contribution in [0.25, 0.3) is 0 Å². The third kappa shape index (κ3) is 2.50. The average molecular weight is 170 g/mol. The summed E-state index contributed by atoms with van der Waals surface area (Å²) in [5.41, 5.74) is 0. The maximum Gasteiger partial charge on any atom is 0.335 e. The molecule has 0 aromatic carbocycles. The summed E-state index contributed by atoms with van der Waals surface area (Å²) >= 11 is 0. The monoisotopic (exact) mass is 170 g/mol. The second-order valence-electron chi connectivity index (χ2n) is 2.76. The van der Waals surface area contributed by atoms with E-state index >= 15 is 0 Å². The molecule has 5 heteroatoms. The van der Waals surface area contributed by atoms with E-state index in [0.29, 0.717) is 12.6 Å². The predicted molar refractivity (Wildman–Crippen MR) is 44.9 cm³/mol. The van der Waals surface area contributed by atoms with Crippen molar-refractivity contribution >= 4 is 0 Å². The number of H-pyrrole nitrogens is 1. The van der Waals surface area contributed by atoms with Crippen molar-refractivity contribution in [3.8, 4) is 6.01 Å². The number of nitrogens with zero attached hydrogens (tertiary/aromatic N) is 2. The summed E-state index contributed by atoms with van der Waals surface area (Å²) in [5.74, 6) is 0.785. The van der Waals surface area contributed by atoms with E-state index in [-0.39, 0.29) is 6.10 Å². The van der Waals surface area contributed by atoms with Gasteiger partial charge in [-0.05, 0) is 20.9 Å². The maximum atomic E-state index is 5.26. The summed E-state index contributed by atoms with van der Waals surface area (Å²) in [6.07, 6.45) is 0.114. The van der Waals surface area contributed by atoms with Crippen LogP contribution in [-0.4, -0.2) is 28.3 Å². The van der Waals surface area contributed by atoms with Gasteiger partial charge in [0.2, 0.25) is 0 Å². The number of nitrogens with one attached hydrogen (secondary N) is 2. The minimum absolute atomic E-state index is 0.114. The molecule has 5 nitrogen and oxygen atoms in total. The first-order chi connectivity index (χ1) is 5.72. The van der Waals surface area contributed by atoms with Gasteiger partial charge in [-0.3, -0.25) is 5.10 Å². The fourth-order valence-electron chi connectivity index (χ4n) is 0.788. The minimum Gasteiger partial charge on any atom is -0.460 e. The lowest BCUT2D eigenvalue weighted by Gasteiger charge is -2.02. The number of hydrogen-bond donors (Lipinski definition) is 2. The summed E-state index contributed by atoms with van der Waals surface area (Å²) in [7, 11) is 1.85. The van der Waals surface area contributed by atoms with Gasteiger partial charge in [0.05, 0.1) is 12.6 Å². The SMILES string of the molecule is CNCc1nc(OC(C)C)n[nH]1. The zero-order valence-electron chi connectivity index (χ0n) is 7.59. The Morgan fingerprint density at radius 3 is 2.92 bits per heavy atom. The van der Waals surface area contributed by atoms with Gasteiger partial charge < -0.3 is 10.1 Å². The highest BCUT2D eigenvalue weighted by atomic mass is 16.5. The minimum atomic E-state index is 0.114. The highest BCUT2D eigenvalue weighted by molar-refractivity contribution is 4.94. The van der Waals surface area contributed by atoms with Crippen LogP contribution in [0.1, 0.15) is 19.7 Å². The van der Waals surface area contributed by atoms with Gasteiger partial charge in [0, 0.05) is 0 Å². The van der Waals surface area contributed by atoms with E-state index in [1.54, 1.807) is 0 Å². The summed E-state index contributed by atoms with van der Waals surface area (Å²) in [6.45, 7) is 4.55. The van der Waals surface area contributed by atoms with Crippen molar-refractivity contribution in [1.82, 2.24) is 20.5 Å². The lowest BCUT2D eigenvalue weighted by atomic mass is 10.5. The number of aromatic nitrogens is 3. The third-order valence-corrected chi connectivity index (χ3v) is 1.20. The van der Waals surface area contributed by atoms with Crippen LogP contribution in [-0.2, 0) is 6.54 Å². The Bertz CT molecular complexity index is 233. The molecular formula is C7H14N4O. The predicted octanol–water partition coefficient (Wildman–Crippen LogP) is 0.311. The molecule has 0 saturated carbocycles. The van der Waals surface area contributed by atoms with Crippen LogP contribution in [0.4, 0.5) is 0 Å². The molecule has 0 aliphatic carbocycles. The van der Waals surface area contributed by atoms with Gasteiger partial charge in [-0.15, -0.1) is 5.10 Å². The largest absolute Gasteiger partial charge is 0.460 e. The molecule has 1 aromatic rings. The van der Waals surface area contributed by atoms with Crippen molar-refractivity contribution in [2.75, 3.05) is 7.05 Å². The summed E-state index contributed by atoms with van der Waals surface area (Å²) in [6, 6.07) is 0.412. The van der Waals surface area contributed by atoms with Crippen LogP contribution in [0.3, 0.4) is 0 Å². The smallest absolute Gasteiger partial charge is 0.335 e. The standard InChI is InChI=1S/C7H14N4O/c1-5(2)12-7-9-6(4-8-3)10-11-7/h5,8H,4H2,1-3H3,(H,9,10,11). The van der Waals surface area contributed by atoms with Crippen molar-refractivity contribution in [3.05, 3.63) is 5.82 Å². The van der Waals surface area contributed by atoms with Crippen molar-refractivity contribution in [3.63, 3.8) is 0 Å². The summed E-state index contributed by atoms with van der Waals surface area (Å²) in [4.78, 5) is 4.09. The Hall–Kier alpha value is -1.10. The van der Waals surface area contributed by atoms with Gasteiger partial charge in [0.1, 0.15) is 5.82 Å². The van der Waals surface area contributed by atoms with E-state index in [0.717, 1.165) is 5.82 Å². The molecular weight excluding hydrogens is 156 g/mol. The first-order valence-corrected chi connectivity index (χ1v) is 3.95. The van der Waals surface area contributed by atoms with Crippen molar-refractivity contribution < 1.29 is 4.74 Å². The van der Waals surface area contributed by atoms with E-state index in [9.17, 15) is 0 Å². The molecule has 0 atom stereocenters. The van der Waals surface area contributed by atoms with E-state index < -0.39 is 0 Å². The second-order valence-corrected chi connectivity index (χ2v) is 2.76. The zero-order chi connectivity index (χ0) is 8.97. The van der Waals surface area contributed by atoms with Crippen molar-refractivity contribution in [2.24, 2.45) is 0 Å². The molecule has 1 rings (SSSR count). The molecule has 0 radical (unpaired) electrons.